The molecule has 1 heterocycles. The van der Waals surface area contributed by atoms with Gasteiger partial charge in [-0.2, -0.15) is 0 Å². The van der Waals surface area contributed by atoms with E-state index in [1.54, 1.807) is 7.11 Å². The van der Waals surface area contributed by atoms with Gasteiger partial charge in [-0.25, -0.2) is 0 Å². The summed E-state index contributed by atoms with van der Waals surface area (Å²) in [7, 11) is 1.56. The number of primary amides is 1. The third kappa shape index (κ3) is 4.86. The number of carbonyl (C=O) groups excluding carboxylic acids is 1. The minimum atomic E-state index is -0.531. The summed E-state index contributed by atoms with van der Waals surface area (Å²) >= 11 is 3.44. The van der Waals surface area contributed by atoms with Crippen LogP contribution in [0.4, 0.5) is 0 Å². The van der Waals surface area contributed by atoms with Gasteiger partial charge >= 0.3 is 0 Å². The van der Waals surface area contributed by atoms with Crippen LogP contribution in [0.3, 0.4) is 0 Å². The van der Waals surface area contributed by atoms with Crippen LogP contribution in [0.1, 0.15) is 18.4 Å². The number of amides is 1. The van der Waals surface area contributed by atoms with Crippen molar-refractivity contribution in [2.75, 3.05) is 26.9 Å². The summed E-state index contributed by atoms with van der Waals surface area (Å²) in [6, 6.07) is 3.81. The third-order valence-corrected chi connectivity index (χ3v) is 3.96. The lowest BCUT2D eigenvalue weighted by atomic mass is 10.2. The highest BCUT2D eigenvalue weighted by Gasteiger charge is 2.16. The summed E-state index contributed by atoms with van der Waals surface area (Å²) in [5.41, 5.74) is 6.14. The van der Waals surface area contributed by atoms with E-state index >= 15 is 0 Å². The van der Waals surface area contributed by atoms with Crippen LogP contribution in [0, 0.1) is 0 Å². The molecule has 0 unspecified atom stereocenters. The number of methoxy groups -OCH3 is 1. The van der Waals surface area contributed by atoms with Crippen LogP contribution in [0.5, 0.6) is 11.5 Å². The van der Waals surface area contributed by atoms with Crippen LogP contribution in [0.15, 0.2) is 16.6 Å². The van der Waals surface area contributed by atoms with Crippen LogP contribution in [0.25, 0.3) is 0 Å². The Labute approximate surface area is 138 Å². The standard InChI is InChI=1S/C15H21BrN2O4/c1-20-13-6-10(7-18-8-11-3-2-4-21-11)5-12(16)15(13)22-9-14(17)19/h5-6,11,18H,2-4,7-9H2,1H3,(H2,17,19)/t11-/m1/s1. The fraction of sp³-hybridized carbons (Fsp3) is 0.533. The molecule has 1 aliphatic heterocycles. The van der Waals surface area contributed by atoms with Gasteiger partial charge in [0.2, 0.25) is 0 Å². The van der Waals surface area contributed by atoms with E-state index in [0.717, 1.165) is 36.0 Å². The Kier molecular flexibility index (Phi) is 6.48. The number of benzene rings is 1. The average Bonchev–Trinajstić information content (AvgIpc) is 2.98. The van der Waals surface area contributed by atoms with Crippen molar-refractivity contribution in [2.24, 2.45) is 5.73 Å². The van der Waals surface area contributed by atoms with Crippen molar-refractivity contribution in [2.45, 2.75) is 25.5 Å². The Morgan fingerprint density at radius 1 is 1.55 bits per heavy atom. The molecule has 0 radical (unpaired) electrons. The van der Waals surface area contributed by atoms with Crippen molar-refractivity contribution >= 4 is 21.8 Å². The van der Waals surface area contributed by atoms with Gasteiger partial charge < -0.3 is 25.3 Å². The van der Waals surface area contributed by atoms with Gasteiger partial charge in [0.25, 0.3) is 5.91 Å². The average molecular weight is 373 g/mol. The Bertz CT molecular complexity index is 519. The maximum atomic E-state index is 10.8. The summed E-state index contributed by atoms with van der Waals surface area (Å²) in [4.78, 5) is 10.8. The molecule has 1 saturated heterocycles. The van der Waals surface area contributed by atoms with Gasteiger partial charge in [0.05, 0.1) is 17.7 Å². The lowest BCUT2D eigenvalue weighted by Gasteiger charge is -2.15. The smallest absolute Gasteiger partial charge is 0.255 e. The van der Waals surface area contributed by atoms with Crippen LogP contribution in [-0.2, 0) is 16.1 Å². The molecule has 7 heteroatoms. The van der Waals surface area contributed by atoms with Crippen molar-refractivity contribution in [3.8, 4) is 11.5 Å². The van der Waals surface area contributed by atoms with Gasteiger partial charge in [0.1, 0.15) is 0 Å². The number of hydrogen-bond acceptors (Lipinski definition) is 5. The second kappa shape index (κ2) is 8.36. The van der Waals surface area contributed by atoms with E-state index in [-0.39, 0.29) is 6.61 Å². The zero-order valence-electron chi connectivity index (χ0n) is 12.6. The summed E-state index contributed by atoms with van der Waals surface area (Å²) in [5, 5.41) is 3.38. The lowest BCUT2D eigenvalue weighted by molar-refractivity contribution is -0.119. The Balaban J connectivity index is 1.96. The molecule has 122 valence electrons. The lowest BCUT2D eigenvalue weighted by Crippen LogP contribution is -2.25. The number of nitrogens with two attached hydrogens (primary N) is 1. The van der Waals surface area contributed by atoms with Crippen molar-refractivity contribution in [3.05, 3.63) is 22.2 Å². The maximum Gasteiger partial charge on any atom is 0.255 e. The van der Waals surface area contributed by atoms with E-state index in [2.05, 4.69) is 21.2 Å². The van der Waals surface area contributed by atoms with Gasteiger partial charge in [0.15, 0.2) is 18.1 Å². The number of carbonyl (C=O) groups is 1. The van der Waals surface area contributed by atoms with Crippen molar-refractivity contribution in [1.82, 2.24) is 5.32 Å². The Morgan fingerprint density at radius 2 is 2.36 bits per heavy atom. The minimum Gasteiger partial charge on any atom is -0.493 e. The number of hydrogen-bond donors (Lipinski definition) is 2. The predicted molar refractivity (Wildman–Crippen MR) is 86.1 cm³/mol. The largest absolute Gasteiger partial charge is 0.493 e. The molecule has 6 nitrogen and oxygen atoms in total. The molecule has 1 amide bonds. The fourth-order valence-corrected chi connectivity index (χ4v) is 2.95. The van der Waals surface area contributed by atoms with E-state index in [1.807, 2.05) is 12.1 Å². The zero-order valence-corrected chi connectivity index (χ0v) is 14.1. The first-order valence-corrected chi connectivity index (χ1v) is 7.99. The highest BCUT2D eigenvalue weighted by Crippen LogP contribution is 2.36. The second-order valence-corrected chi connectivity index (χ2v) is 5.98. The van der Waals surface area contributed by atoms with Gasteiger partial charge in [-0.3, -0.25) is 4.79 Å². The van der Waals surface area contributed by atoms with Crippen molar-refractivity contribution in [3.63, 3.8) is 0 Å². The van der Waals surface area contributed by atoms with E-state index < -0.39 is 5.91 Å². The molecule has 1 fully saturated rings. The van der Waals surface area contributed by atoms with E-state index in [1.165, 1.54) is 0 Å². The summed E-state index contributed by atoms with van der Waals surface area (Å²) in [5.74, 6) is 0.505. The second-order valence-electron chi connectivity index (χ2n) is 5.13. The Morgan fingerprint density at radius 3 is 3.00 bits per heavy atom. The first-order chi connectivity index (χ1) is 10.6. The van der Waals surface area contributed by atoms with Crippen molar-refractivity contribution in [1.29, 1.82) is 0 Å². The van der Waals surface area contributed by atoms with E-state index in [0.29, 0.717) is 24.1 Å². The first-order valence-electron chi connectivity index (χ1n) is 7.20. The minimum absolute atomic E-state index is 0.189. The molecule has 0 spiro atoms. The number of nitrogens with one attached hydrogen (secondary N) is 1. The molecule has 22 heavy (non-hydrogen) atoms. The third-order valence-electron chi connectivity index (χ3n) is 3.37. The summed E-state index contributed by atoms with van der Waals surface area (Å²) in [6.45, 7) is 2.20. The molecule has 1 atom stereocenters. The molecule has 0 aromatic heterocycles. The number of ether oxygens (including phenoxy) is 3. The fourth-order valence-electron chi connectivity index (χ4n) is 2.34. The van der Waals surface area contributed by atoms with E-state index in [4.69, 9.17) is 19.9 Å². The highest BCUT2D eigenvalue weighted by atomic mass is 79.9. The molecule has 1 aliphatic rings. The number of rotatable bonds is 8. The maximum absolute atomic E-state index is 10.8. The van der Waals surface area contributed by atoms with Gasteiger partial charge in [0, 0.05) is 19.7 Å². The zero-order chi connectivity index (χ0) is 15.9. The number of halogens is 1. The van der Waals surface area contributed by atoms with Crippen LogP contribution >= 0.6 is 15.9 Å². The molecular weight excluding hydrogens is 352 g/mol. The molecule has 1 aromatic carbocycles. The molecule has 1 aromatic rings. The van der Waals surface area contributed by atoms with Crippen LogP contribution in [0.2, 0.25) is 0 Å². The monoisotopic (exact) mass is 372 g/mol. The quantitative estimate of drug-likeness (QED) is 0.723. The SMILES string of the molecule is COc1cc(CNC[C@H]2CCCO2)cc(Br)c1OCC(N)=O. The normalized spacial score (nSPS) is 17.5. The molecular formula is C15H21BrN2O4. The Hall–Kier alpha value is -1.31. The highest BCUT2D eigenvalue weighted by molar-refractivity contribution is 9.10. The molecule has 0 aliphatic carbocycles. The molecule has 0 saturated carbocycles. The predicted octanol–water partition coefficient (Wildman–Crippen LogP) is 1.59. The first kappa shape index (κ1) is 17.1. The van der Waals surface area contributed by atoms with Gasteiger partial charge in [-0.15, -0.1) is 0 Å². The summed E-state index contributed by atoms with van der Waals surface area (Å²) in [6.07, 6.45) is 2.56. The van der Waals surface area contributed by atoms with Crippen LogP contribution in [-0.4, -0.2) is 38.9 Å². The van der Waals surface area contributed by atoms with Crippen molar-refractivity contribution < 1.29 is 19.0 Å². The topological polar surface area (TPSA) is 82.8 Å². The van der Waals surface area contributed by atoms with E-state index in [9.17, 15) is 4.79 Å². The molecule has 3 N–H and O–H groups in total. The molecule has 2 rings (SSSR count). The molecule has 0 bridgehead atoms. The van der Waals surface area contributed by atoms with Gasteiger partial charge in [-0.05, 0) is 46.5 Å². The van der Waals surface area contributed by atoms with Gasteiger partial charge in [-0.1, -0.05) is 0 Å². The summed E-state index contributed by atoms with van der Waals surface area (Å²) < 4.78 is 17.0. The van der Waals surface area contributed by atoms with Crippen LogP contribution < -0.4 is 20.5 Å².